The average Bonchev–Trinajstić information content (AvgIpc) is 3.14. The number of rotatable bonds is 3. The summed E-state index contributed by atoms with van der Waals surface area (Å²) in [7, 11) is 0. The Kier molecular flexibility index (Phi) is 2.79. The van der Waals surface area contributed by atoms with Crippen LogP contribution in [-0.4, -0.2) is 22.7 Å². The van der Waals surface area contributed by atoms with Crippen LogP contribution < -0.4 is 5.43 Å². The Balaban J connectivity index is 2.05. The average molecular weight is 289 g/mol. The van der Waals surface area contributed by atoms with Gasteiger partial charge in [-0.2, -0.15) is 15.6 Å². The van der Waals surface area contributed by atoms with Crippen LogP contribution in [0.15, 0.2) is 35.4 Å². The van der Waals surface area contributed by atoms with E-state index in [2.05, 4.69) is 51.9 Å². The summed E-state index contributed by atoms with van der Waals surface area (Å²) in [5, 5.41) is 12.3. The maximum Gasteiger partial charge on any atom is 0.126 e. The van der Waals surface area contributed by atoms with E-state index in [9.17, 15) is 4.79 Å². The van der Waals surface area contributed by atoms with Crippen LogP contribution in [0.3, 0.4) is 0 Å². The Hall–Kier alpha value is -2.95. The Morgan fingerprint density at radius 3 is 2.82 bits per heavy atom. The summed E-state index contributed by atoms with van der Waals surface area (Å²) in [5.74, 6) is 0. The predicted molar refractivity (Wildman–Crippen MR) is 85.4 cm³/mol. The summed E-state index contributed by atoms with van der Waals surface area (Å²) < 4.78 is 0. The third kappa shape index (κ3) is 1.83. The summed E-state index contributed by atoms with van der Waals surface area (Å²) in [4.78, 5) is 10.9. The second-order valence-corrected chi connectivity index (χ2v) is 5.36. The van der Waals surface area contributed by atoms with Crippen LogP contribution in [-0.2, 0) is 11.2 Å². The number of aromatic amines is 1. The monoisotopic (exact) mass is 289 g/mol. The summed E-state index contributed by atoms with van der Waals surface area (Å²) in [6.45, 7) is 2.06. The molecule has 1 N–H and O–H groups in total. The molecule has 0 bridgehead atoms. The Bertz CT molecular complexity index is 907. The van der Waals surface area contributed by atoms with Crippen LogP contribution in [0.2, 0.25) is 0 Å². The highest BCUT2D eigenvalue weighted by atomic mass is 16.1. The number of nitrogens with one attached hydrogen (secondary N) is 1. The fraction of sp³-hybridized carbons (Fsp3) is 0.118. The van der Waals surface area contributed by atoms with Crippen LogP contribution in [0.1, 0.15) is 16.8 Å². The SMILES string of the molecule is Cc1ccc(-c2cc3c(c4[nH]nc(CC=O)c24)C=N[N]3)cc1. The van der Waals surface area contributed by atoms with Gasteiger partial charge in [0.1, 0.15) is 6.29 Å². The van der Waals surface area contributed by atoms with E-state index in [0.29, 0.717) is 0 Å². The fourth-order valence-electron chi connectivity index (χ4n) is 2.83. The van der Waals surface area contributed by atoms with Gasteiger partial charge in [-0.1, -0.05) is 29.8 Å². The number of fused-ring (bicyclic) bond motifs is 3. The van der Waals surface area contributed by atoms with Gasteiger partial charge in [-0.25, -0.2) is 0 Å². The first-order valence-corrected chi connectivity index (χ1v) is 7.06. The Morgan fingerprint density at radius 1 is 1.23 bits per heavy atom. The van der Waals surface area contributed by atoms with E-state index in [1.54, 1.807) is 6.21 Å². The van der Waals surface area contributed by atoms with E-state index >= 15 is 0 Å². The van der Waals surface area contributed by atoms with Gasteiger partial charge in [-0.15, -0.1) is 0 Å². The summed E-state index contributed by atoms with van der Waals surface area (Å²) >= 11 is 0. The molecule has 22 heavy (non-hydrogen) atoms. The van der Waals surface area contributed by atoms with Crippen molar-refractivity contribution in [3.05, 3.63) is 47.2 Å². The van der Waals surface area contributed by atoms with E-state index in [1.807, 2.05) is 6.07 Å². The van der Waals surface area contributed by atoms with Crippen molar-refractivity contribution in [2.45, 2.75) is 13.3 Å². The van der Waals surface area contributed by atoms with E-state index in [4.69, 9.17) is 0 Å². The molecule has 1 aromatic heterocycles. The third-order valence-corrected chi connectivity index (χ3v) is 3.93. The molecule has 0 atom stereocenters. The molecule has 5 nitrogen and oxygen atoms in total. The lowest BCUT2D eigenvalue weighted by Crippen LogP contribution is -1.92. The number of aromatic nitrogens is 2. The minimum absolute atomic E-state index is 0.284. The number of aldehydes is 1. The lowest BCUT2D eigenvalue weighted by Gasteiger charge is -2.08. The summed E-state index contributed by atoms with van der Waals surface area (Å²) in [6.07, 6.45) is 2.88. The maximum atomic E-state index is 10.9. The van der Waals surface area contributed by atoms with E-state index < -0.39 is 0 Å². The Labute approximate surface area is 127 Å². The minimum Gasteiger partial charge on any atom is -0.303 e. The first-order valence-electron chi connectivity index (χ1n) is 7.06. The quantitative estimate of drug-likeness (QED) is 0.753. The molecule has 4 rings (SSSR count). The highest BCUT2D eigenvalue weighted by molar-refractivity contribution is 6.10. The second kappa shape index (κ2) is 4.80. The first-order chi connectivity index (χ1) is 10.8. The van der Waals surface area contributed by atoms with E-state index in [-0.39, 0.29) is 6.42 Å². The highest BCUT2D eigenvalue weighted by Crippen LogP contribution is 2.37. The maximum absolute atomic E-state index is 10.9. The number of benzene rings is 2. The van der Waals surface area contributed by atoms with Gasteiger partial charge in [0.2, 0.25) is 0 Å². The molecule has 1 aliphatic rings. The minimum atomic E-state index is 0.284. The molecule has 0 aliphatic carbocycles. The van der Waals surface area contributed by atoms with Crippen molar-refractivity contribution < 1.29 is 4.79 Å². The van der Waals surface area contributed by atoms with Crippen molar-refractivity contribution in [3.63, 3.8) is 0 Å². The van der Waals surface area contributed by atoms with Gasteiger partial charge in [-0.05, 0) is 24.1 Å². The third-order valence-electron chi connectivity index (χ3n) is 3.93. The number of H-pyrrole nitrogens is 1. The molecular formula is C17H13N4O. The van der Waals surface area contributed by atoms with Crippen molar-refractivity contribution >= 4 is 29.1 Å². The molecule has 0 amide bonds. The van der Waals surface area contributed by atoms with Gasteiger partial charge in [0.05, 0.1) is 23.1 Å². The second-order valence-electron chi connectivity index (χ2n) is 5.36. The lowest BCUT2D eigenvalue weighted by atomic mass is 9.95. The molecule has 0 unspecified atom stereocenters. The molecular weight excluding hydrogens is 276 g/mol. The molecule has 2 aromatic carbocycles. The fourth-order valence-corrected chi connectivity index (χ4v) is 2.83. The van der Waals surface area contributed by atoms with Crippen molar-refractivity contribution in [3.8, 4) is 11.1 Å². The standard InChI is InChI=1S/C17H13N4O/c1-10-2-4-11(5-3-10)12-8-15-13(9-18-19-15)17-16(12)14(6-7-22)20-21-17/h2-5,7-9H,6H2,1H3,(H,20,21). The zero-order chi connectivity index (χ0) is 15.1. The number of hydrogen-bond acceptors (Lipinski definition) is 3. The smallest absolute Gasteiger partial charge is 0.126 e. The van der Waals surface area contributed by atoms with Crippen LogP contribution in [0.4, 0.5) is 5.69 Å². The van der Waals surface area contributed by atoms with Crippen LogP contribution in [0, 0.1) is 6.92 Å². The topological polar surface area (TPSA) is 72.2 Å². The van der Waals surface area contributed by atoms with Crippen LogP contribution >= 0.6 is 0 Å². The summed E-state index contributed by atoms with van der Waals surface area (Å²) in [5.41, 5.74) is 10.9. The normalized spacial score (nSPS) is 12.4. The van der Waals surface area contributed by atoms with E-state index in [1.165, 1.54) is 5.56 Å². The number of carbonyl (C=O) groups excluding carboxylic acids is 1. The molecule has 107 valence electrons. The van der Waals surface area contributed by atoms with Crippen molar-refractivity contribution in [2.24, 2.45) is 5.10 Å². The zero-order valence-corrected chi connectivity index (χ0v) is 12.0. The molecule has 0 fully saturated rings. The molecule has 1 aliphatic heterocycles. The van der Waals surface area contributed by atoms with E-state index in [0.717, 1.165) is 45.3 Å². The van der Waals surface area contributed by atoms with Gasteiger partial charge in [0, 0.05) is 17.4 Å². The highest BCUT2D eigenvalue weighted by Gasteiger charge is 2.20. The molecule has 0 saturated carbocycles. The molecule has 2 heterocycles. The van der Waals surface area contributed by atoms with Gasteiger partial charge >= 0.3 is 0 Å². The molecule has 1 radical (unpaired) electrons. The number of hydrogen-bond donors (Lipinski definition) is 1. The molecule has 0 spiro atoms. The lowest BCUT2D eigenvalue weighted by molar-refractivity contribution is -0.107. The van der Waals surface area contributed by atoms with Gasteiger partial charge in [-0.3, -0.25) is 5.10 Å². The number of carbonyl (C=O) groups is 1. The summed E-state index contributed by atoms with van der Waals surface area (Å²) in [6, 6.07) is 10.3. The van der Waals surface area contributed by atoms with Gasteiger partial charge < -0.3 is 4.79 Å². The zero-order valence-electron chi connectivity index (χ0n) is 12.0. The van der Waals surface area contributed by atoms with Crippen LogP contribution in [0.5, 0.6) is 0 Å². The molecule has 3 aromatic rings. The van der Waals surface area contributed by atoms with Crippen molar-refractivity contribution in [2.75, 3.05) is 0 Å². The van der Waals surface area contributed by atoms with Crippen LogP contribution in [0.25, 0.3) is 22.0 Å². The number of aryl methyl sites for hydroxylation is 1. The van der Waals surface area contributed by atoms with Gasteiger partial charge in [0.25, 0.3) is 0 Å². The van der Waals surface area contributed by atoms with Crippen molar-refractivity contribution in [1.82, 2.24) is 15.6 Å². The Morgan fingerprint density at radius 2 is 2.05 bits per heavy atom. The largest absolute Gasteiger partial charge is 0.303 e. The predicted octanol–water partition coefficient (Wildman–Crippen LogP) is 2.86. The van der Waals surface area contributed by atoms with Crippen molar-refractivity contribution in [1.29, 1.82) is 0 Å². The molecule has 0 saturated heterocycles. The first kappa shape index (κ1) is 12.8. The molecule has 5 heteroatoms. The number of nitrogens with zero attached hydrogens (tertiary/aromatic N) is 3. The van der Waals surface area contributed by atoms with Gasteiger partial charge in [0.15, 0.2) is 0 Å².